The van der Waals surface area contributed by atoms with Crippen LogP contribution in [0.4, 0.5) is 0 Å². The number of thiophene rings is 1. The summed E-state index contributed by atoms with van der Waals surface area (Å²) < 4.78 is 0. The van der Waals surface area contributed by atoms with Crippen molar-refractivity contribution in [3.05, 3.63) is 45.3 Å². The number of carbonyl (C=O) groups is 1. The highest BCUT2D eigenvalue weighted by molar-refractivity contribution is 7.17. The Hall–Kier alpha value is -2.12. The predicted octanol–water partition coefficient (Wildman–Crippen LogP) is 3.39. The Morgan fingerprint density at radius 1 is 1.42 bits per heavy atom. The van der Waals surface area contributed by atoms with E-state index >= 15 is 0 Å². The van der Waals surface area contributed by atoms with Crippen molar-refractivity contribution in [2.24, 2.45) is 0 Å². The van der Waals surface area contributed by atoms with Gasteiger partial charge in [-0.3, -0.25) is 0 Å². The molecule has 0 saturated carbocycles. The van der Waals surface area contributed by atoms with E-state index in [-0.39, 0.29) is 0 Å². The van der Waals surface area contributed by atoms with Crippen molar-refractivity contribution in [2.75, 3.05) is 0 Å². The number of hydrogen-bond acceptors (Lipinski definition) is 3. The van der Waals surface area contributed by atoms with Gasteiger partial charge in [0.1, 0.15) is 4.88 Å². The summed E-state index contributed by atoms with van der Waals surface area (Å²) in [5, 5.41) is 18.4. The van der Waals surface area contributed by atoms with Crippen molar-refractivity contribution in [1.82, 2.24) is 0 Å². The van der Waals surface area contributed by atoms with Crippen LogP contribution in [0.25, 0.3) is 10.4 Å². The third kappa shape index (κ3) is 1.74. The van der Waals surface area contributed by atoms with Crippen molar-refractivity contribution >= 4 is 17.3 Å². The van der Waals surface area contributed by atoms with Crippen LogP contribution in [0.1, 0.15) is 31.9 Å². The zero-order valence-corrected chi connectivity index (χ0v) is 11.2. The summed E-state index contributed by atoms with van der Waals surface area (Å²) in [6, 6.07) is 7.98. The van der Waals surface area contributed by atoms with E-state index in [0.717, 1.165) is 45.5 Å². The molecule has 0 spiro atoms. The molecule has 0 aliphatic heterocycles. The van der Waals surface area contributed by atoms with E-state index in [1.165, 1.54) is 11.3 Å². The fourth-order valence-electron chi connectivity index (χ4n) is 2.60. The molecule has 1 N–H and O–H groups in total. The molecule has 0 atom stereocenters. The highest BCUT2D eigenvalue weighted by Crippen LogP contribution is 2.41. The zero-order chi connectivity index (χ0) is 13.6. The maximum absolute atomic E-state index is 11.1. The molecular weight excluding hydrogens is 258 g/mol. The van der Waals surface area contributed by atoms with Gasteiger partial charge < -0.3 is 5.11 Å². The molecule has 1 aromatic carbocycles. The van der Waals surface area contributed by atoms with Gasteiger partial charge in [-0.25, -0.2) is 4.79 Å². The number of rotatable bonds is 1. The molecule has 1 aromatic heterocycles. The molecule has 3 nitrogen and oxygen atoms in total. The van der Waals surface area contributed by atoms with E-state index in [1.807, 2.05) is 19.1 Å². The highest BCUT2D eigenvalue weighted by atomic mass is 32.1. The molecule has 0 unspecified atom stereocenters. The molecule has 4 heteroatoms. The van der Waals surface area contributed by atoms with Crippen molar-refractivity contribution in [3.8, 4) is 16.5 Å². The van der Waals surface area contributed by atoms with Crippen LogP contribution in [0.15, 0.2) is 18.2 Å². The monoisotopic (exact) mass is 269 g/mol. The van der Waals surface area contributed by atoms with Crippen LogP contribution in [0.5, 0.6) is 0 Å². The second kappa shape index (κ2) is 4.22. The van der Waals surface area contributed by atoms with Crippen LogP contribution < -0.4 is 0 Å². The Bertz CT molecular complexity index is 737. The maximum atomic E-state index is 11.1. The van der Waals surface area contributed by atoms with Crippen molar-refractivity contribution in [1.29, 1.82) is 5.26 Å². The minimum atomic E-state index is -0.881. The average Bonchev–Trinajstić information content (AvgIpc) is 2.82. The Balaban J connectivity index is 2.25. The third-order valence-electron chi connectivity index (χ3n) is 3.54. The van der Waals surface area contributed by atoms with Crippen molar-refractivity contribution in [2.45, 2.75) is 19.8 Å². The first-order chi connectivity index (χ1) is 9.11. The first kappa shape index (κ1) is 11.9. The van der Waals surface area contributed by atoms with Crippen molar-refractivity contribution < 1.29 is 9.90 Å². The molecule has 1 aliphatic rings. The summed E-state index contributed by atoms with van der Waals surface area (Å²) >= 11 is 1.30. The molecule has 0 fully saturated rings. The lowest BCUT2D eigenvalue weighted by atomic mass is 9.86. The number of nitrogens with zero attached hydrogens (tertiary/aromatic N) is 1. The predicted molar refractivity (Wildman–Crippen MR) is 73.6 cm³/mol. The van der Waals surface area contributed by atoms with Crippen molar-refractivity contribution in [3.63, 3.8) is 0 Å². The summed E-state index contributed by atoms with van der Waals surface area (Å²) in [4.78, 5) is 12.4. The summed E-state index contributed by atoms with van der Waals surface area (Å²) in [7, 11) is 0. The Labute approximate surface area is 114 Å². The Morgan fingerprint density at radius 2 is 2.21 bits per heavy atom. The number of hydrogen-bond donors (Lipinski definition) is 1. The summed E-state index contributed by atoms with van der Waals surface area (Å²) in [6.45, 7) is 1.94. The van der Waals surface area contributed by atoms with E-state index in [4.69, 9.17) is 5.11 Å². The second-order valence-corrected chi connectivity index (χ2v) is 5.72. The van der Waals surface area contributed by atoms with Crippen LogP contribution in [-0.2, 0) is 12.8 Å². The van der Waals surface area contributed by atoms with Gasteiger partial charge in [0, 0.05) is 4.88 Å². The van der Waals surface area contributed by atoms with Crippen LogP contribution in [0.3, 0.4) is 0 Å². The van der Waals surface area contributed by atoms with Gasteiger partial charge in [0.2, 0.25) is 0 Å². The molecule has 19 heavy (non-hydrogen) atoms. The van der Waals surface area contributed by atoms with Crippen LogP contribution in [0, 0.1) is 18.3 Å². The molecule has 0 radical (unpaired) electrons. The van der Waals surface area contributed by atoms with Gasteiger partial charge in [-0.1, -0.05) is 12.1 Å². The number of aryl methyl sites for hydroxylation is 2. The molecule has 1 aliphatic carbocycles. The fraction of sp³-hybridized carbons (Fsp3) is 0.200. The number of fused-ring (bicyclic) bond motifs is 3. The van der Waals surface area contributed by atoms with E-state index in [1.54, 1.807) is 6.07 Å². The van der Waals surface area contributed by atoms with E-state index in [2.05, 4.69) is 6.07 Å². The molecular formula is C15H11NO2S. The zero-order valence-electron chi connectivity index (χ0n) is 10.4. The average molecular weight is 269 g/mol. The molecule has 94 valence electrons. The largest absolute Gasteiger partial charge is 0.477 e. The standard InChI is InChI=1S/C15H11NO2S/c1-8-2-4-11-10(12(8)7-16)5-3-9-6-13(15(17)18)19-14(9)11/h2,4,6H,3,5H2,1H3,(H,17,18). The Kier molecular flexibility index (Phi) is 2.65. The van der Waals surface area contributed by atoms with Gasteiger partial charge in [-0.15, -0.1) is 11.3 Å². The molecule has 1 heterocycles. The van der Waals surface area contributed by atoms with E-state index < -0.39 is 5.97 Å². The SMILES string of the molecule is Cc1ccc2c(c1C#N)CCc1cc(C(=O)O)sc1-2. The highest BCUT2D eigenvalue weighted by Gasteiger charge is 2.23. The Morgan fingerprint density at radius 3 is 2.89 bits per heavy atom. The topological polar surface area (TPSA) is 61.1 Å². The molecule has 0 amide bonds. The van der Waals surface area contributed by atoms with Crippen LogP contribution in [0.2, 0.25) is 0 Å². The third-order valence-corrected chi connectivity index (χ3v) is 4.74. The number of benzene rings is 1. The first-order valence-electron chi connectivity index (χ1n) is 6.00. The lowest BCUT2D eigenvalue weighted by Gasteiger charge is -2.18. The molecule has 3 rings (SSSR count). The minimum absolute atomic E-state index is 0.372. The van der Waals surface area contributed by atoms with E-state index in [9.17, 15) is 10.1 Å². The lowest BCUT2D eigenvalue weighted by molar-refractivity contribution is 0.0702. The van der Waals surface area contributed by atoms with Gasteiger partial charge in [-0.05, 0) is 48.1 Å². The quantitative estimate of drug-likeness (QED) is 0.863. The van der Waals surface area contributed by atoms with Crippen LogP contribution >= 0.6 is 11.3 Å². The maximum Gasteiger partial charge on any atom is 0.345 e. The number of carboxylic acid groups (broad SMARTS) is 1. The van der Waals surface area contributed by atoms with Gasteiger partial charge in [0.05, 0.1) is 11.6 Å². The van der Waals surface area contributed by atoms with Crippen LogP contribution in [-0.4, -0.2) is 11.1 Å². The molecule has 2 aromatic rings. The van der Waals surface area contributed by atoms with Gasteiger partial charge in [0.15, 0.2) is 0 Å². The smallest absolute Gasteiger partial charge is 0.345 e. The second-order valence-electron chi connectivity index (χ2n) is 4.67. The molecule has 0 saturated heterocycles. The number of nitriles is 1. The van der Waals surface area contributed by atoms with E-state index in [0.29, 0.717) is 4.88 Å². The fourth-order valence-corrected chi connectivity index (χ4v) is 3.70. The minimum Gasteiger partial charge on any atom is -0.477 e. The summed E-state index contributed by atoms with van der Waals surface area (Å²) in [5.74, 6) is -0.881. The summed E-state index contributed by atoms with van der Waals surface area (Å²) in [5.41, 5.74) is 4.91. The van der Waals surface area contributed by atoms with Gasteiger partial charge in [0.25, 0.3) is 0 Å². The lowest BCUT2D eigenvalue weighted by Crippen LogP contribution is -2.04. The summed E-state index contributed by atoms with van der Waals surface area (Å²) in [6.07, 6.45) is 1.62. The number of aromatic carboxylic acids is 1. The van der Waals surface area contributed by atoms with Gasteiger partial charge in [-0.2, -0.15) is 5.26 Å². The number of carboxylic acids is 1. The molecule has 0 bridgehead atoms. The van der Waals surface area contributed by atoms with Gasteiger partial charge >= 0.3 is 5.97 Å². The normalized spacial score (nSPS) is 12.4. The first-order valence-corrected chi connectivity index (χ1v) is 6.82.